The highest BCUT2D eigenvalue weighted by Crippen LogP contribution is 2.48. The SMILES string of the molecule is CCc1nc(-c2ccc(Cl)cc2NC(C)=O)cc(=O)n1CC(=O)CC1(C#N)CC1. The maximum Gasteiger partial charge on any atom is 0.254 e. The van der Waals surface area contributed by atoms with Crippen LogP contribution in [0.3, 0.4) is 0 Å². The highest BCUT2D eigenvalue weighted by molar-refractivity contribution is 6.31. The normalized spacial score (nSPS) is 14.1. The number of carbonyl (C=O) groups excluding carboxylic acids is 2. The second-order valence-corrected chi connectivity index (χ2v) is 7.75. The van der Waals surface area contributed by atoms with Crippen molar-refractivity contribution in [2.75, 3.05) is 5.32 Å². The van der Waals surface area contributed by atoms with Crippen LogP contribution in [0.1, 0.15) is 38.9 Å². The number of halogens is 1. The average molecular weight is 413 g/mol. The first-order chi connectivity index (χ1) is 13.8. The van der Waals surface area contributed by atoms with Crippen molar-refractivity contribution in [3.05, 3.63) is 45.5 Å². The molecular formula is C21H21ClN4O3. The summed E-state index contributed by atoms with van der Waals surface area (Å²) in [5.41, 5.74) is 0.517. The molecule has 1 saturated carbocycles. The van der Waals surface area contributed by atoms with Crippen LogP contribution in [0.5, 0.6) is 0 Å². The van der Waals surface area contributed by atoms with Crippen molar-refractivity contribution >= 4 is 29.0 Å². The van der Waals surface area contributed by atoms with Gasteiger partial charge in [0, 0.05) is 36.4 Å². The molecule has 8 heteroatoms. The van der Waals surface area contributed by atoms with E-state index < -0.39 is 5.41 Å². The monoisotopic (exact) mass is 412 g/mol. The Balaban J connectivity index is 1.95. The molecule has 1 aromatic carbocycles. The van der Waals surface area contributed by atoms with Crippen LogP contribution >= 0.6 is 11.6 Å². The minimum absolute atomic E-state index is 0.0993. The van der Waals surface area contributed by atoms with Gasteiger partial charge in [0.15, 0.2) is 5.78 Å². The van der Waals surface area contributed by atoms with E-state index in [4.69, 9.17) is 11.6 Å². The molecule has 1 amide bonds. The Bertz CT molecular complexity index is 1080. The molecule has 1 heterocycles. The number of nitriles is 1. The van der Waals surface area contributed by atoms with E-state index in [2.05, 4.69) is 16.4 Å². The Labute approximate surface area is 173 Å². The van der Waals surface area contributed by atoms with Gasteiger partial charge in [-0.3, -0.25) is 19.0 Å². The minimum Gasteiger partial charge on any atom is -0.326 e. The number of benzene rings is 1. The Morgan fingerprint density at radius 1 is 1.34 bits per heavy atom. The molecule has 0 atom stereocenters. The first kappa shape index (κ1) is 20.7. The predicted molar refractivity (Wildman–Crippen MR) is 110 cm³/mol. The smallest absolute Gasteiger partial charge is 0.254 e. The molecule has 1 fully saturated rings. The Kier molecular flexibility index (Phi) is 5.85. The zero-order valence-corrected chi connectivity index (χ0v) is 17.0. The number of anilines is 1. The maximum absolute atomic E-state index is 12.8. The van der Waals surface area contributed by atoms with Crippen LogP contribution in [0.25, 0.3) is 11.3 Å². The fourth-order valence-electron chi connectivity index (χ4n) is 3.25. The molecule has 150 valence electrons. The average Bonchev–Trinajstić information content (AvgIpc) is 3.42. The molecule has 3 rings (SSSR count). The summed E-state index contributed by atoms with van der Waals surface area (Å²) in [6.45, 7) is 3.13. The number of amides is 1. The van der Waals surface area contributed by atoms with Crippen molar-refractivity contribution in [2.45, 2.75) is 46.1 Å². The van der Waals surface area contributed by atoms with Crippen LogP contribution in [0.15, 0.2) is 29.1 Å². The third-order valence-electron chi connectivity index (χ3n) is 4.93. The molecular weight excluding hydrogens is 392 g/mol. The van der Waals surface area contributed by atoms with Gasteiger partial charge >= 0.3 is 0 Å². The molecule has 29 heavy (non-hydrogen) atoms. The Morgan fingerprint density at radius 2 is 2.07 bits per heavy atom. The molecule has 2 aromatic rings. The fourth-order valence-corrected chi connectivity index (χ4v) is 3.42. The first-order valence-electron chi connectivity index (χ1n) is 9.38. The third-order valence-corrected chi connectivity index (χ3v) is 5.17. The van der Waals surface area contributed by atoms with Gasteiger partial charge in [0.05, 0.1) is 29.4 Å². The lowest BCUT2D eigenvalue weighted by atomic mass is 10.0. The molecule has 1 aromatic heterocycles. The van der Waals surface area contributed by atoms with Crippen molar-refractivity contribution in [1.82, 2.24) is 9.55 Å². The van der Waals surface area contributed by atoms with Gasteiger partial charge in [-0.05, 0) is 31.0 Å². The summed E-state index contributed by atoms with van der Waals surface area (Å²) in [7, 11) is 0. The number of hydrogen-bond donors (Lipinski definition) is 1. The number of ketones is 1. The third kappa shape index (κ3) is 4.72. The maximum atomic E-state index is 12.8. The van der Waals surface area contributed by atoms with Gasteiger partial charge in [-0.2, -0.15) is 5.26 Å². The fraction of sp³-hybridized carbons (Fsp3) is 0.381. The van der Waals surface area contributed by atoms with Crippen LogP contribution in [-0.4, -0.2) is 21.2 Å². The topological polar surface area (TPSA) is 105 Å². The second kappa shape index (κ2) is 8.18. The molecule has 1 aliphatic carbocycles. The molecule has 0 saturated heterocycles. The lowest BCUT2D eigenvalue weighted by molar-refractivity contribution is -0.120. The molecule has 7 nitrogen and oxygen atoms in total. The summed E-state index contributed by atoms with van der Waals surface area (Å²) in [6, 6.07) is 8.48. The van der Waals surface area contributed by atoms with Gasteiger partial charge < -0.3 is 5.32 Å². The van der Waals surface area contributed by atoms with Crippen molar-refractivity contribution in [3.63, 3.8) is 0 Å². The summed E-state index contributed by atoms with van der Waals surface area (Å²) in [5.74, 6) is 0.0434. The molecule has 0 bridgehead atoms. The molecule has 0 radical (unpaired) electrons. The van der Waals surface area contributed by atoms with Gasteiger partial charge in [-0.1, -0.05) is 18.5 Å². The summed E-state index contributed by atoms with van der Waals surface area (Å²) in [6.07, 6.45) is 2.06. The summed E-state index contributed by atoms with van der Waals surface area (Å²) < 4.78 is 1.35. The number of aryl methyl sites for hydroxylation is 1. The number of nitrogens with zero attached hydrogens (tertiary/aromatic N) is 3. The Morgan fingerprint density at radius 3 is 2.66 bits per heavy atom. The summed E-state index contributed by atoms with van der Waals surface area (Å²) in [4.78, 5) is 41.3. The molecule has 1 N–H and O–H groups in total. The van der Waals surface area contributed by atoms with E-state index in [9.17, 15) is 19.6 Å². The zero-order chi connectivity index (χ0) is 21.2. The number of Topliss-reactive ketones (excluding diaryl/α,β-unsaturated/α-hetero) is 1. The quantitative estimate of drug-likeness (QED) is 0.750. The van der Waals surface area contributed by atoms with Gasteiger partial charge in [0.25, 0.3) is 5.56 Å². The summed E-state index contributed by atoms with van der Waals surface area (Å²) in [5, 5.41) is 12.3. The van der Waals surface area contributed by atoms with Gasteiger partial charge in [0.1, 0.15) is 5.82 Å². The number of carbonyl (C=O) groups is 2. The molecule has 0 aliphatic heterocycles. The number of rotatable bonds is 7. The van der Waals surface area contributed by atoms with E-state index in [-0.39, 0.29) is 30.2 Å². The first-order valence-corrected chi connectivity index (χ1v) is 9.76. The molecule has 1 aliphatic rings. The van der Waals surface area contributed by atoms with Crippen LogP contribution in [0, 0.1) is 16.7 Å². The van der Waals surface area contributed by atoms with Gasteiger partial charge in [0.2, 0.25) is 5.91 Å². The number of aromatic nitrogens is 2. The van der Waals surface area contributed by atoms with Crippen LogP contribution in [0.2, 0.25) is 5.02 Å². The van der Waals surface area contributed by atoms with Gasteiger partial charge in [-0.15, -0.1) is 0 Å². The van der Waals surface area contributed by atoms with Crippen molar-refractivity contribution in [3.8, 4) is 17.3 Å². The lowest BCUT2D eigenvalue weighted by Crippen LogP contribution is -2.29. The highest BCUT2D eigenvalue weighted by atomic mass is 35.5. The number of nitrogens with one attached hydrogen (secondary N) is 1. The van der Waals surface area contributed by atoms with E-state index in [0.717, 1.165) is 12.8 Å². The second-order valence-electron chi connectivity index (χ2n) is 7.31. The van der Waals surface area contributed by atoms with E-state index in [1.165, 1.54) is 17.6 Å². The lowest BCUT2D eigenvalue weighted by Gasteiger charge is -2.15. The predicted octanol–water partition coefficient (Wildman–Crippen LogP) is 3.35. The molecule has 0 spiro atoms. The Hall–Kier alpha value is -2.98. The van der Waals surface area contributed by atoms with Crippen molar-refractivity contribution in [2.24, 2.45) is 5.41 Å². The van der Waals surface area contributed by atoms with Crippen molar-refractivity contribution < 1.29 is 9.59 Å². The zero-order valence-electron chi connectivity index (χ0n) is 16.3. The van der Waals surface area contributed by atoms with E-state index >= 15 is 0 Å². The minimum atomic E-state index is -0.545. The highest BCUT2D eigenvalue weighted by Gasteiger charge is 2.44. The van der Waals surface area contributed by atoms with Crippen LogP contribution in [0.4, 0.5) is 5.69 Å². The van der Waals surface area contributed by atoms with E-state index in [1.807, 2.05) is 6.92 Å². The van der Waals surface area contributed by atoms with Crippen molar-refractivity contribution in [1.29, 1.82) is 5.26 Å². The summed E-state index contributed by atoms with van der Waals surface area (Å²) >= 11 is 6.03. The van der Waals surface area contributed by atoms with Crippen LogP contribution in [-0.2, 0) is 22.6 Å². The molecule has 0 unspecified atom stereocenters. The van der Waals surface area contributed by atoms with Crippen LogP contribution < -0.4 is 10.9 Å². The largest absolute Gasteiger partial charge is 0.326 e. The standard InChI is InChI=1S/C21H21ClN4O3/c1-3-19-25-18(16-5-4-14(22)8-17(16)24-13(2)27)9-20(29)26(19)11-15(28)10-21(12-23)6-7-21/h4-5,8-9H,3,6-7,10-11H2,1-2H3,(H,24,27). The van der Waals surface area contributed by atoms with E-state index in [0.29, 0.717) is 34.2 Å². The van der Waals surface area contributed by atoms with Gasteiger partial charge in [-0.25, -0.2) is 4.98 Å². The number of hydrogen-bond acceptors (Lipinski definition) is 5. The van der Waals surface area contributed by atoms with E-state index in [1.54, 1.807) is 18.2 Å².